The summed E-state index contributed by atoms with van der Waals surface area (Å²) in [6.45, 7) is 0. The maximum absolute atomic E-state index is 11.9. The maximum atomic E-state index is 11.9. The number of carbonyl (C=O) groups is 2. The van der Waals surface area contributed by atoms with Gasteiger partial charge in [0.2, 0.25) is 0 Å². The van der Waals surface area contributed by atoms with Gasteiger partial charge in [0.15, 0.2) is 0 Å². The lowest BCUT2D eigenvalue weighted by Crippen LogP contribution is -2.29. The fraction of sp³-hybridized carbons (Fsp3) is 0. The van der Waals surface area contributed by atoms with Crippen LogP contribution < -0.4 is 16.6 Å². The van der Waals surface area contributed by atoms with Gasteiger partial charge in [0.25, 0.3) is 11.5 Å². The molecular weight excluding hydrogens is 346 g/mol. The second kappa shape index (κ2) is 5.75. The van der Waals surface area contributed by atoms with Crippen molar-refractivity contribution >= 4 is 33.5 Å². The molecule has 1 amide bonds. The summed E-state index contributed by atoms with van der Waals surface area (Å²) in [4.78, 5) is 49.3. The minimum Gasteiger partial charge on any atom is -0.478 e. The normalized spacial score (nSPS) is 10.1. The number of H-pyrrole nitrogens is 2. The molecule has 0 spiro atoms. The second-order valence-electron chi connectivity index (χ2n) is 3.94. The number of benzene rings is 1. The van der Waals surface area contributed by atoms with Gasteiger partial charge in [-0.15, -0.1) is 0 Å². The molecule has 0 unspecified atom stereocenters. The van der Waals surface area contributed by atoms with Crippen molar-refractivity contribution in [2.75, 3.05) is 5.32 Å². The van der Waals surface area contributed by atoms with Crippen LogP contribution in [0.15, 0.2) is 38.5 Å². The standard InChI is InChI=1S/C12H8BrN3O5/c13-8-2-1-5(3-6(8)11(19)20)15-9(17)7-4-14-12(21)16-10(7)18/h1-4H,(H,15,17)(H,19,20)(H2,14,16,18,21). The van der Waals surface area contributed by atoms with Gasteiger partial charge in [-0.1, -0.05) is 0 Å². The molecule has 8 nitrogen and oxygen atoms in total. The van der Waals surface area contributed by atoms with Gasteiger partial charge in [0, 0.05) is 16.4 Å². The van der Waals surface area contributed by atoms with Crippen LogP contribution in [0.25, 0.3) is 0 Å². The van der Waals surface area contributed by atoms with Crippen molar-refractivity contribution in [2.45, 2.75) is 0 Å². The fourth-order valence-electron chi connectivity index (χ4n) is 1.54. The molecule has 2 rings (SSSR count). The van der Waals surface area contributed by atoms with E-state index in [9.17, 15) is 19.2 Å². The van der Waals surface area contributed by atoms with Crippen molar-refractivity contribution in [2.24, 2.45) is 0 Å². The van der Waals surface area contributed by atoms with E-state index in [1.807, 2.05) is 4.98 Å². The Kier molecular flexibility index (Phi) is 4.03. The van der Waals surface area contributed by atoms with Gasteiger partial charge in [-0.2, -0.15) is 0 Å². The van der Waals surface area contributed by atoms with Crippen molar-refractivity contribution in [1.29, 1.82) is 0 Å². The number of amides is 1. The molecule has 0 saturated heterocycles. The van der Waals surface area contributed by atoms with Gasteiger partial charge >= 0.3 is 11.7 Å². The molecule has 0 aliphatic rings. The number of halogens is 1. The predicted octanol–water partition coefficient (Wildman–Crippen LogP) is 0.776. The van der Waals surface area contributed by atoms with Crippen LogP contribution in [-0.4, -0.2) is 27.0 Å². The predicted molar refractivity (Wildman–Crippen MR) is 76.7 cm³/mol. The first-order chi connectivity index (χ1) is 9.88. The van der Waals surface area contributed by atoms with E-state index in [0.29, 0.717) is 4.47 Å². The zero-order valence-corrected chi connectivity index (χ0v) is 11.9. The largest absolute Gasteiger partial charge is 0.478 e. The highest BCUT2D eigenvalue weighted by Crippen LogP contribution is 2.21. The van der Waals surface area contributed by atoms with Crippen molar-refractivity contribution in [1.82, 2.24) is 9.97 Å². The highest BCUT2D eigenvalue weighted by molar-refractivity contribution is 9.10. The van der Waals surface area contributed by atoms with E-state index in [1.54, 1.807) is 0 Å². The summed E-state index contributed by atoms with van der Waals surface area (Å²) in [5, 5.41) is 11.4. The lowest BCUT2D eigenvalue weighted by Gasteiger charge is -2.06. The molecule has 0 aliphatic carbocycles. The number of aromatic carboxylic acids is 1. The van der Waals surface area contributed by atoms with E-state index >= 15 is 0 Å². The Bertz CT molecular complexity index is 839. The van der Waals surface area contributed by atoms with E-state index in [2.05, 4.69) is 26.2 Å². The van der Waals surface area contributed by atoms with Gasteiger partial charge in [-0.05, 0) is 34.1 Å². The molecule has 0 atom stereocenters. The minimum atomic E-state index is -1.17. The van der Waals surface area contributed by atoms with Gasteiger partial charge < -0.3 is 15.4 Å². The smallest absolute Gasteiger partial charge is 0.336 e. The van der Waals surface area contributed by atoms with E-state index < -0.39 is 23.1 Å². The number of rotatable bonds is 3. The molecule has 1 heterocycles. The van der Waals surface area contributed by atoms with Crippen LogP contribution in [0.1, 0.15) is 20.7 Å². The zero-order chi connectivity index (χ0) is 15.6. The van der Waals surface area contributed by atoms with E-state index in [-0.39, 0.29) is 16.8 Å². The number of hydrogen-bond acceptors (Lipinski definition) is 4. The first kappa shape index (κ1) is 14.7. The number of carboxylic acids is 1. The van der Waals surface area contributed by atoms with Gasteiger partial charge in [-0.3, -0.25) is 14.6 Å². The van der Waals surface area contributed by atoms with Gasteiger partial charge in [-0.25, -0.2) is 9.59 Å². The van der Waals surface area contributed by atoms with Crippen LogP contribution in [0.5, 0.6) is 0 Å². The summed E-state index contributed by atoms with van der Waals surface area (Å²) in [5.41, 5.74) is -1.70. The molecule has 4 N–H and O–H groups in total. The number of hydrogen-bond donors (Lipinski definition) is 4. The Morgan fingerprint density at radius 2 is 1.90 bits per heavy atom. The fourth-order valence-corrected chi connectivity index (χ4v) is 1.96. The number of carbonyl (C=O) groups excluding carboxylic acids is 1. The molecule has 2 aromatic rings. The number of carboxylic acid groups (broad SMARTS) is 1. The molecule has 1 aromatic carbocycles. The van der Waals surface area contributed by atoms with Crippen molar-refractivity contribution in [3.63, 3.8) is 0 Å². The summed E-state index contributed by atoms with van der Waals surface area (Å²) in [7, 11) is 0. The lowest BCUT2D eigenvalue weighted by molar-refractivity contribution is 0.0695. The Hall–Kier alpha value is -2.68. The summed E-state index contributed by atoms with van der Waals surface area (Å²) in [6, 6.07) is 4.16. The average Bonchev–Trinajstić information content (AvgIpc) is 2.40. The first-order valence-corrected chi connectivity index (χ1v) is 6.34. The monoisotopic (exact) mass is 353 g/mol. The van der Waals surface area contributed by atoms with Crippen LogP contribution in [0, 0.1) is 0 Å². The van der Waals surface area contributed by atoms with Crippen LogP contribution in [-0.2, 0) is 0 Å². The third-order valence-electron chi connectivity index (χ3n) is 2.52. The summed E-state index contributed by atoms with van der Waals surface area (Å²) < 4.78 is 0.356. The minimum absolute atomic E-state index is 0.0387. The van der Waals surface area contributed by atoms with Crippen LogP contribution in [0.4, 0.5) is 5.69 Å². The quantitative estimate of drug-likeness (QED) is 0.647. The lowest BCUT2D eigenvalue weighted by atomic mass is 10.2. The van der Waals surface area contributed by atoms with Crippen molar-refractivity contribution in [3.8, 4) is 0 Å². The number of anilines is 1. The molecule has 108 valence electrons. The molecular formula is C12H8BrN3O5. The molecule has 0 saturated carbocycles. The van der Waals surface area contributed by atoms with E-state index in [0.717, 1.165) is 6.20 Å². The SMILES string of the molecule is O=C(O)c1cc(NC(=O)c2c[nH]c(=O)[nH]c2=O)ccc1Br. The third kappa shape index (κ3) is 3.26. The van der Waals surface area contributed by atoms with Gasteiger partial charge in [0.1, 0.15) is 5.56 Å². The van der Waals surface area contributed by atoms with Crippen LogP contribution >= 0.6 is 15.9 Å². The topological polar surface area (TPSA) is 132 Å². The molecule has 0 aliphatic heterocycles. The molecule has 9 heteroatoms. The Morgan fingerprint density at radius 1 is 1.19 bits per heavy atom. The number of aromatic amines is 2. The molecule has 0 radical (unpaired) electrons. The summed E-state index contributed by atoms with van der Waals surface area (Å²) >= 11 is 3.07. The first-order valence-electron chi connectivity index (χ1n) is 5.54. The second-order valence-corrected chi connectivity index (χ2v) is 4.79. The zero-order valence-electron chi connectivity index (χ0n) is 10.3. The Balaban J connectivity index is 2.32. The Morgan fingerprint density at radius 3 is 2.52 bits per heavy atom. The van der Waals surface area contributed by atoms with Crippen LogP contribution in [0.3, 0.4) is 0 Å². The Labute approximate surface area is 125 Å². The van der Waals surface area contributed by atoms with E-state index in [4.69, 9.17) is 5.11 Å². The molecule has 1 aromatic heterocycles. The molecule has 0 bridgehead atoms. The van der Waals surface area contributed by atoms with E-state index in [1.165, 1.54) is 18.2 Å². The summed E-state index contributed by atoms with van der Waals surface area (Å²) in [5.74, 6) is -1.94. The third-order valence-corrected chi connectivity index (χ3v) is 3.21. The summed E-state index contributed by atoms with van der Waals surface area (Å²) in [6.07, 6.45) is 0.980. The van der Waals surface area contributed by atoms with Crippen molar-refractivity contribution in [3.05, 3.63) is 60.8 Å². The highest BCUT2D eigenvalue weighted by Gasteiger charge is 2.14. The number of nitrogens with one attached hydrogen (secondary N) is 3. The average molecular weight is 354 g/mol. The van der Waals surface area contributed by atoms with Crippen LogP contribution in [0.2, 0.25) is 0 Å². The van der Waals surface area contributed by atoms with Gasteiger partial charge in [0.05, 0.1) is 5.56 Å². The molecule has 21 heavy (non-hydrogen) atoms. The maximum Gasteiger partial charge on any atom is 0.336 e. The highest BCUT2D eigenvalue weighted by atomic mass is 79.9. The number of aromatic nitrogens is 2. The molecule has 0 fully saturated rings. The van der Waals surface area contributed by atoms with Crippen molar-refractivity contribution < 1.29 is 14.7 Å².